The Morgan fingerprint density at radius 2 is 2.11 bits per heavy atom. The fraction of sp³-hybridized carbons (Fsp3) is 0.474. The molecule has 0 aliphatic carbocycles. The minimum Gasteiger partial charge on any atom is -0.467 e. The van der Waals surface area contributed by atoms with E-state index in [1.807, 2.05) is 12.3 Å². The Hall–Kier alpha value is -1.12. The molecule has 9 heteroatoms. The van der Waals surface area contributed by atoms with E-state index in [1.54, 1.807) is 12.3 Å². The van der Waals surface area contributed by atoms with Crippen LogP contribution in [0.1, 0.15) is 17.9 Å². The van der Waals surface area contributed by atoms with E-state index in [0.29, 0.717) is 35.4 Å². The molecule has 0 amide bonds. The topological polar surface area (TPSA) is 50.4 Å². The van der Waals surface area contributed by atoms with Gasteiger partial charge >= 0.3 is 0 Å². The number of halogens is 2. The number of nitrogens with one attached hydrogen (secondary N) is 1. The number of benzene rings is 1. The number of hydrogen-bond acceptors (Lipinski definition) is 4. The van der Waals surface area contributed by atoms with E-state index in [0.717, 1.165) is 22.3 Å². The molecule has 1 aromatic heterocycles. The summed E-state index contributed by atoms with van der Waals surface area (Å²) in [6, 6.07) is 4.71. The Kier molecular flexibility index (Phi) is 7.04. The maximum atomic E-state index is 6.57. The standard InChI is InChI=1S/C19H25Cl2N3O2SSi/c1-28(2,3)7-6-25-12-26-16-5-4-15(20)19(21)18(16)13-8-17(27)24(11-13)14-9-22-23-10-14/h4-5,9-10,13H,6-8,11-12H2,1-3H3,(H,22,23). The molecule has 1 aliphatic heterocycles. The van der Waals surface area contributed by atoms with E-state index in [4.69, 9.17) is 44.9 Å². The van der Waals surface area contributed by atoms with Gasteiger partial charge in [-0.05, 0) is 18.2 Å². The zero-order valence-electron chi connectivity index (χ0n) is 16.3. The lowest BCUT2D eigenvalue weighted by Crippen LogP contribution is -2.22. The van der Waals surface area contributed by atoms with Crippen molar-refractivity contribution in [3.05, 3.63) is 40.1 Å². The minimum atomic E-state index is -1.12. The van der Waals surface area contributed by atoms with Crippen LogP contribution in [0.25, 0.3) is 0 Å². The van der Waals surface area contributed by atoms with Crippen molar-refractivity contribution >= 4 is 54.2 Å². The molecule has 2 heterocycles. The second-order valence-corrected chi connectivity index (χ2v) is 15.0. The Labute approximate surface area is 182 Å². The van der Waals surface area contributed by atoms with Gasteiger partial charge < -0.3 is 14.4 Å². The van der Waals surface area contributed by atoms with Gasteiger partial charge in [0.1, 0.15) is 5.75 Å². The first kappa shape index (κ1) is 21.6. The number of anilines is 1. The smallest absolute Gasteiger partial charge is 0.189 e. The summed E-state index contributed by atoms with van der Waals surface area (Å²) in [6.07, 6.45) is 4.30. The zero-order valence-corrected chi connectivity index (χ0v) is 19.6. The van der Waals surface area contributed by atoms with Crippen LogP contribution in [0.5, 0.6) is 5.75 Å². The highest BCUT2D eigenvalue weighted by Gasteiger charge is 2.33. The lowest BCUT2D eigenvalue weighted by molar-refractivity contribution is 0.0213. The fourth-order valence-electron chi connectivity index (χ4n) is 3.14. The second kappa shape index (κ2) is 9.13. The molecule has 3 rings (SSSR count). The molecule has 1 saturated heterocycles. The molecule has 2 aromatic rings. The third-order valence-electron chi connectivity index (χ3n) is 4.72. The van der Waals surface area contributed by atoms with E-state index >= 15 is 0 Å². The average molecular weight is 458 g/mol. The van der Waals surface area contributed by atoms with Gasteiger partial charge in [0, 0.05) is 45.3 Å². The molecule has 0 saturated carbocycles. The van der Waals surface area contributed by atoms with Crippen LogP contribution < -0.4 is 9.64 Å². The van der Waals surface area contributed by atoms with E-state index < -0.39 is 8.07 Å². The number of thiocarbonyl (C=S) groups is 1. The van der Waals surface area contributed by atoms with Crippen LogP contribution in [-0.4, -0.2) is 43.2 Å². The summed E-state index contributed by atoms with van der Waals surface area (Å²) < 4.78 is 11.6. The quantitative estimate of drug-likeness (QED) is 0.237. The first-order valence-electron chi connectivity index (χ1n) is 9.24. The van der Waals surface area contributed by atoms with Crippen molar-refractivity contribution in [2.45, 2.75) is 38.0 Å². The van der Waals surface area contributed by atoms with Crippen LogP contribution in [0.3, 0.4) is 0 Å². The number of aromatic nitrogens is 2. The summed E-state index contributed by atoms with van der Waals surface area (Å²) in [5, 5.41) is 7.87. The Balaban J connectivity index is 1.72. The monoisotopic (exact) mass is 457 g/mol. The average Bonchev–Trinajstić information content (AvgIpc) is 3.26. The molecule has 1 N–H and O–H groups in total. The Morgan fingerprint density at radius 1 is 1.32 bits per heavy atom. The molecular formula is C19H25Cl2N3O2SSi. The first-order valence-corrected chi connectivity index (χ1v) is 14.1. The highest BCUT2D eigenvalue weighted by atomic mass is 35.5. The van der Waals surface area contributed by atoms with Crippen molar-refractivity contribution in [2.75, 3.05) is 24.8 Å². The number of nitrogens with zero attached hydrogens (tertiary/aromatic N) is 2. The fourth-order valence-corrected chi connectivity index (χ4v) is 4.75. The predicted molar refractivity (Wildman–Crippen MR) is 122 cm³/mol. The molecule has 1 atom stereocenters. The highest BCUT2D eigenvalue weighted by Crippen LogP contribution is 2.43. The van der Waals surface area contributed by atoms with Crippen molar-refractivity contribution in [2.24, 2.45) is 0 Å². The first-order chi connectivity index (χ1) is 13.3. The summed E-state index contributed by atoms with van der Waals surface area (Å²) in [5.74, 6) is 0.787. The van der Waals surface area contributed by atoms with Crippen LogP contribution in [0.15, 0.2) is 24.5 Å². The van der Waals surface area contributed by atoms with Gasteiger partial charge in [-0.3, -0.25) is 5.10 Å². The minimum absolute atomic E-state index is 0.0885. The third kappa shape index (κ3) is 5.27. The lowest BCUT2D eigenvalue weighted by Gasteiger charge is -2.20. The van der Waals surface area contributed by atoms with E-state index in [9.17, 15) is 0 Å². The zero-order chi connectivity index (χ0) is 20.3. The second-order valence-electron chi connectivity index (χ2n) is 8.12. The SMILES string of the molecule is C[Si](C)(C)CCOCOc1ccc(Cl)c(Cl)c1C1CC(=S)N(c2cn[nH]c2)C1. The molecule has 0 spiro atoms. The summed E-state index contributed by atoms with van der Waals surface area (Å²) in [4.78, 5) is 2.91. The maximum absolute atomic E-state index is 6.57. The molecule has 1 aliphatic rings. The molecule has 0 radical (unpaired) electrons. The van der Waals surface area contributed by atoms with E-state index in [2.05, 4.69) is 34.7 Å². The largest absolute Gasteiger partial charge is 0.467 e. The van der Waals surface area contributed by atoms with Gasteiger partial charge in [-0.15, -0.1) is 0 Å². The summed E-state index contributed by atoms with van der Waals surface area (Å²) >= 11 is 18.5. The van der Waals surface area contributed by atoms with Crippen molar-refractivity contribution < 1.29 is 9.47 Å². The molecule has 1 fully saturated rings. The molecule has 1 unspecified atom stereocenters. The van der Waals surface area contributed by atoms with Crippen molar-refractivity contribution in [3.8, 4) is 5.75 Å². The maximum Gasteiger partial charge on any atom is 0.189 e. The Morgan fingerprint density at radius 3 is 2.79 bits per heavy atom. The molecule has 28 heavy (non-hydrogen) atoms. The molecule has 0 bridgehead atoms. The predicted octanol–water partition coefficient (Wildman–Crippen LogP) is 5.73. The Bertz CT molecular complexity index is 827. The number of hydrogen-bond donors (Lipinski definition) is 1. The normalized spacial score (nSPS) is 17.4. The van der Waals surface area contributed by atoms with Gasteiger partial charge in [-0.1, -0.05) is 55.1 Å². The van der Waals surface area contributed by atoms with Crippen molar-refractivity contribution in [3.63, 3.8) is 0 Å². The van der Waals surface area contributed by atoms with Gasteiger partial charge in [0.05, 0.1) is 26.9 Å². The van der Waals surface area contributed by atoms with Gasteiger partial charge in [0.15, 0.2) is 6.79 Å². The van der Waals surface area contributed by atoms with Crippen LogP contribution >= 0.6 is 35.4 Å². The summed E-state index contributed by atoms with van der Waals surface area (Å²) in [5.41, 5.74) is 1.83. The number of aromatic amines is 1. The molecule has 5 nitrogen and oxygen atoms in total. The van der Waals surface area contributed by atoms with Crippen LogP contribution in [0, 0.1) is 0 Å². The number of H-pyrrole nitrogens is 1. The summed E-state index contributed by atoms with van der Waals surface area (Å²) in [7, 11) is -1.12. The van der Waals surface area contributed by atoms with Crippen molar-refractivity contribution in [1.29, 1.82) is 0 Å². The molecular weight excluding hydrogens is 433 g/mol. The number of ether oxygens (including phenoxy) is 2. The van der Waals surface area contributed by atoms with Crippen LogP contribution in [-0.2, 0) is 4.74 Å². The van der Waals surface area contributed by atoms with E-state index in [1.165, 1.54) is 0 Å². The van der Waals surface area contributed by atoms with Crippen molar-refractivity contribution in [1.82, 2.24) is 10.2 Å². The van der Waals surface area contributed by atoms with Gasteiger partial charge in [0.2, 0.25) is 0 Å². The van der Waals surface area contributed by atoms with Gasteiger partial charge in [-0.25, -0.2) is 0 Å². The summed E-state index contributed by atoms with van der Waals surface area (Å²) in [6.45, 7) is 8.56. The third-order valence-corrected chi connectivity index (χ3v) is 7.63. The van der Waals surface area contributed by atoms with Crippen LogP contribution in [0.2, 0.25) is 35.7 Å². The lowest BCUT2D eigenvalue weighted by atomic mass is 9.97. The van der Waals surface area contributed by atoms with Crippen LogP contribution in [0.4, 0.5) is 5.69 Å². The van der Waals surface area contributed by atoms with Gasteiger partial charge in [-0.2, -0.15) is 5.10 Å². The number of rotatable bonds is 8. The molecule has 152 valence electrons. The molecule has 1 aromatic carbocycles. The highest BCUT2D eigenvalue weighted by molar-refractivity contribution is 7.80. The van der Waals surface area contributed by atoms with Gasteiger partial charge in [0.25, 0.3) is 0 Å². The van der Waals surface area contributed by atoms with E-state index in [-0.39, 0.29) is 12.7 Å².